The van der Waals surface area contributed by atoms with Gasteiger partial charge in [-0.25, -0.2) is 9.97 Å². The molecule has 0 aliphatic carbocycles. The van der Waals surface area contributed by atoms with Gasteiger partial charge in [-0.2, -0.15) is 0 Å². The molecule has 0 spiro atoms. The first-order valence-electron chi connectivity index (χ1n) is 10.9. The fraction of sp³-hybridized carbons (Fsp3) is 0.292. The number of nitrogens with zero attached hydrogens (tertiary/aromatic N) is 5. The maximum atomic E-state index is 12.0. The van der Waals surface area contributed by atoms with Crippen LogP contribution in [0.1, 0.15) is 10.4 Å². The van der Waals surface area contributed by atoms with Gasteiger partial charge in [-0.15, -0.1) is 0 Å². The van der Waals surface area contributed by atoms with E-state index in [1.54, 1.807) is 6.07 Å². The Morgan fingerprint density at radius 3 is 2.33 bits per heavy atom. The van der Waals surface area contributed by atoms with Crippen LogP contribution < -0.4 is 26.2 Å². The highest BCUT2D eigenvalue weighted by Gasteiger charge is 2.15. The van der Waals surface area contributed by atoms with E-state index in [9.17, 15) is 4.79 Å². The Balaban J connectivity index is 1.54. The Kier molecular flexibility index (Phi) is 6.60. The van der Waals surface area contributed by atoms with Crippen molar-refractivity contribution in [2.75, 3.05) is 67.8 Å². The Bertz CT molecular complexity index is 1110. The Hall–Kier alpha value is -3.85. The number of carbonyl (C=O) groups excluding carboxylic acids is 1. The summed E-state index contributed by atoms with van der Waals surface area (Å²) in [7, 11) is 6.07. The summed E-state index contributed by atoms with van der Waals surface area (Å²) in [6.45, 7) is 4.07. The number of hydrogen-bond acceptors (Lipinski definition) is 8. The molecule has 0 bridgehead atoms. The van der Waals surface area contributed by atoms with Crippen LogP contribution in [0.3, 0.4) is 0 Å². The molecule has 2 aromatic heterocycles. The van der Waals surface area contributed by atoms with Gasteiger partial charge in [0.1, 0.15) is 11.6 Å². The van der Waals surface area contributed by atoms with Crippen LogP contribution in [0.2, 0.25) is 0 Å². The SMILES string of the molecule is CN1CCN(c2ccc(Nc3cc(Nc4ccccc4N(C)C)c(C(N)=O)cn3)nc2)CC1. The third-order valence-corrected chi connectivity index (χ3v) is 5.70. The number of nitrogens with one attached hydrogen (secondary N) is 2. The van der Waals surface area contributed by atoms with Crippen molar-refractivity contribution < 1.29 is 4.79 Å². The number of para-hydroxylation sites is 2. The number of hydrogen-bond donors (Lipinski definition) is 3. The van der Waals surface area contributed by atoms with Crippen LogP contribution in [0.5, 0.6) is 0 Å². The van der Waals surface area contributed by atoms with Crippen LogP contribution in [0, 0.1) is 0 Å². The van der Waals surface area contributed by atoms with Crippen molar-refractivity contribution in [3.05, 3.63) is 60.4 Å². The summed E-state index contributed by atoms with van der Waals surface area (Å²) in [5, 5.41) is 6.55. The predicted octanol–water partition coefficient (Wildman–Crippen LogP) is 2.88. The molecule has 0 unspecified atom stereocenters. The summed E-state index contributed by atoms with van der Waals surface area (Å²) in [6, 6.07) is 13.6. The number of primary amides is 1. The van der Waals surface area contributed by atoms with Crippen LogP contribution in [0.4, 0.5) is 34.4 Å². The van der Waals surface area contributed by atoms with Crippen molar-refractivity contribution in [1.29, 1.82) is 0 Å². The second-order valence-corrected chi connectivity index (χ2v) is 8.33. The van der Waals surface area contributed by atoms with E-state index in [4.69, 9.17) is 5.73 Å². The van der Waals surface area contributed by atoms with Gasteiger partial charge in [0.15, 0.2) is 0 Å². The van der Waals surface area contributed by atoms with E-state index >= 15 is 0 Å². The molecule has 1 aliphatic heterocycles. The molecule has 1 saturated heterocycles. The lowest BCUT2D eigenvalue weighted by Crippen LogP contribution is -2.44. The van der Waals surface area contributed by atoms with Crippen molar-refractivity contribution in [3.63, 3.8) is 0 Å². The molecule has 0 atom stereocenters. The number of aromatic nitrogens is 2. The fourth-order valence-electron chi connectivity index (χ4n) is 3.78. The highest BCUT2D eigenvalue weighted by atomic mass is 16.1. The molecule has 1 amide bonds. The van der Waals surface area contributed by atoms with Gasteiger partial charge in [0.05, 0.1) is 34.5 Å². The van der Waals surface area contributed by atoms with E-state index in [0.717, 1.165) is 43.2 Å². The number of likely N-dealkylation sites (N-methyl/N-ethyl adjacent to an activating group) is 1. The third kappa shape index (κ3) is 5.32. The molecule has 3 heterocycles. The first kappa shape index (κ1) is 22.3. The van der Waals surface area contributed by atoms with Gasteiger partial charge in [0.25, 0.3) is 5.91 Å². The van der Waals surface area contributed by atoms with Crippen LogP contribution in [0.15, 0.2) is 54.9 Å². The van der Waals surface area contributed by atoms with E-state index in [2.05, 4.69) is 43.5 Å². The van der Waals surface area contributed by atoms with Crippen LogP contribution in [0.25, 0.3) is 0 Å². The minimum Gasteiger partial charge on any atom is -0.376 e. The fourth-order valence-corrected chi connectivity index (χ4v) is 3.78. The molecule has 4 N–H and O–H groups in total. The lowest BCUT2D eigenvalue weighted by molar-refractivity contribution is 0.100. The molecule has 9 nitrogen and oxygen atoms in total. The van der Waals surface area contributed by atoms with Crippen molar-refractivity contribution >= 4 is 40.3 Å². The van der Waals surface area contributed by atoms with Crippen LogP contribution >= 0.6 is 0 Å². The van der Waals surface area contributed by atoms with Gasteiger partial charge in [0, 0.05) is 52.5 Å². The summed E-state index contributed by atoms with van der Waals surface area (Å²) in [5.74, 6) is 0.685. The number of amides is 1. The van der Waals surface area contributed by atoms with Gasteiger partial charge in [-0.3, -0.25) is 4.79 Å². The molecular weight excluding hydrogens is 416 g/mol. The number of benzene rings is 1. The monoisotopic (exact) mass is 446 g/mol. The maximum Gasteiger partial charge on any atom is 0.252 e. The zero-order valence-electron chi connectivity index (χ0n) is 19.2. The van der Waals surface area contributed by atoms with E-state index in [-0.39, 0.29) is 0 Å². The molecule has 1 fully saturated rings. The largest absolute Gasteiger partial charge is 0.376 e. The first-order chi connectivity index (χ1) is 15.9. The molecule has 0 saturated carbocycles. The highest BCUT2D eigenvalue weighted by Crippen LogP contribution is 2.30. The molecule has 1 aliphatic rings. The highest BCUT2D eigenvalue weighted by molar-refractivity contribution is 6.00. The van der Waals surface area contributed by atoms with Crippen LogP contribution in [-0.2, 0) is 0 Å². The molecular formula is C24H30N8O. The van der Waals surface area contributed by atoms with Crippen molar-refractivity contribution in [2.45, 2.75) is 0 Å². The zero-order chi connectivity index (χ0) is 23.4. The van der Waals surface area contributed by atoms with Gasteiger partial charge in [-0.05, 0) is 31.3 Å². The van der Waals surface area contributed by atoms with Crippen molar-refractivity contribution in [1.82, 2.24) is 14.9 Å². The Morgan fingerprint density at radius 1 is 0.939 bits per heavy atom. The smallest absolute Gasteiger partial charge is 0.252 e. The van der Waals surface area contributed by atoms with Gasteiger partial charge in [-0.1, -0.05) is 12.1 Å². The average molecular weight is 447 g/mol. The van der Waals surface area contributed by atoms with E-state index in [1.807, 2.05) is 55.5 Å². The predicted molar refractivity (Wildman–Crippen MR) is 134 cm³/mol. The van der Waals surface area contributed by atoms with E-state index in [1.165, 1.54) is 6.20 Å². The number of nitrogens with two attached hydrogens (primary N) is 1. The summed E-state index contributed by atoms with van der Waals surface area (Å²) in [5.41, 5.74) is 9.43. The molecule has 9 heteroatoms. The zero-order valence-corrected chi connectivity index (χ0v) is 19.2. The summed E-state index contributed by atoms with van der Waals surface area (Å²) >= 11 is 0. The lowest BCUT2D eigenvalue weighted by atomic mass is 10.2. The van der Waals surface area contributed by atoms with Gasteiger partial charge >= 0.3 is 0 Å². The van der Waals surface area contributed by atoms with E-state index in [0.29, 0.717) is 22.9 Å². The minimum atomic E-state index is -0.548. The standard InChI is InChI=1S/C24H30N8O/c1-30(2)21-7-5-4-6-19(21)28-20-14-23(27-16-18(20)24(25)33)29-22-9-8-17(15-26-22)32-12-10-31(3)11-13-32/h4-9,14-16H,10-13H2,1-3H3,(H2,25,33)(H2,26,27,28,29). The van der Waals surface area contributed by atoms with Crippen LogP contribution in [-0.4, -0.2) is 68.1 Å². The molecule has 1 aromatic carbocycles. The maximum absolute atomic E-state index is 12.0. The second kappa shape index (κ2) is 9.74. The van der Waals surface area contributed by atoms with Crippen molar-refractivity contribution in [3.8, 4) is 0 Å². The van der Waals surface area contributed by atoms with Crippen molar-refractivity contribution in [2.24, 2.45) is 5.73 Å². The number of carbonyl (C=O) groups is 1. The Labute approximate surface area is 194 Å². The molecule has 33 heavy (non-hydrogen) atoms. The number of pyridine rings is 2. The number of piperazine rings is 1. The third-order valence-electron chi connectivity index (χ3n) is 5.70. The Morgan fingerprint density at radius 2 is 1.67 bits per heavy atom. The molecule has 172 valence electrons. The molecule has 3 aromatic rings. The lowest BCUT2D eigenvalue weighted by Gasteiger charge is -2.33. The average Bonchev–Trinajstić information content (AvgIpc) is 2.80. The minimum absolute atomic E-state index is 0.312. The quantitative estimate of drug-likeness (QED) is 0.509. The second-order valence-electron chi connectivity index (χ2n) is 8.33. The van der Waals surface area contributed by atoms with E-state index < -0.39 is 5.91 Å². The topological polar surface area (TPSA) is 103 Å². The normalized spacial score (nSPS) is 14.1. The van der Waals surface area contributed by atoms with Gasteiger partial charge in [0.2, 0.25) is 0 Å². The van der Waals surface area contributed by atoms with Gasteiger partial charge < -0.3 is 31.1 Å². The molecule has 4 rings (SSSR count). The summed E-state index contributed by atoms with van der Waals surface area (Å²) < 4.78 is 0. The first-order valence-corrected chi connectivity index (χ1v) is 10.9. The molecule has 0 radical (unpaired) electrons. The summed E-state index contributed by atoms with van der Waals surface area (Å²) in [4.78, 5) is 27.6. The number of anilines is 6. The summed E-state index contributed by atoms with van der Waals surface area (Å²) in [6.07, 6.45) is 3.35. The number of rotatable bonds is 7.